The first kappa shape index (κ1) is 13.5. The summed E-state index contributed by atoms with van der Waals surface area (Å²) in [7, 11) is 0. The highest BCUT2D eigenvalue weighted by Gasteiger charge is 2.35. The summed E-state index contributed by atoms with van der Waals surface area (Å²) in [6.07, 6.45) is -1.65. The number of carbonyl (C=O) groups excluding carboxylic acids is 1. The largest absolute Gasteiger partial charge is 0.417 e. The second kappa shape index (κ2) is 4.35. The molecule has 0 aliphatic rings. The van der Waals surface area contributed by atoms with Crippen LogP contribution in [0.25, 0.3) is 0 Å². The molecule has 0 aliphatic heterocycles. The smallest absolute Gasteiger partial charge is 0.347 e. The Morgan fingerprint density at radius 3 is 2.41 bits per heavy atom. The number of amides is 1. The van der Waals surface area contributed by atoms with E-state index in [2.05, 4.69) is 16.5 Å². The number of nitrogens with one attached hydrogen (secondary N) is 1. The summed E-state index contributed by atoms with van der Waals surface area (Å²) in [5, 5.41) is 2.46. The topological polar surface area (TPSA) is 42.0 Å². The molecule has 1 amide bonds. The molecule has 0 unspecified atom stereocenters. The average molecular weight is 245 g/mol. The fraction of sp³-hybridized carbons (Fsp3) is 0.455. The lowest BCUT2D eigenvalue weighted by molar-refractivity contribution is -0.138. The number of halogens is 3. The summed E-state index contributed by atoms with van der Waals surface area (Å²) in [4.78, 5) is 15.1. The number of aromatic nitrogens is 1. The molecule has 1 aromatic heterocycles. The first-order valence-electron chi connectivity index (χ1n) is 4.87. The van der Waals surface area contributed by atoms with Crippen LogP contribution in [0.3, 0.4) is 0 Å². The van der Waals surface area contributed by atoms with E-state index < -0.39 is 28.7 Å². The van der Waals surface area contributed by atoms with Crippen LogP contribution in [0.5, 0.6) is 0 Å². The van der Waals surface area contributed by atoms with Crippen LogP contribution in [-0.4, -0.2) is 16.4 Å². The molecule has 1 radical (unpaired) electrons. The average Bonchev–Trinajstić information content (AvgIpc) is 2.13. The summed E-state index contributed by atoms with van der Waals surface area (Å²) in [6.45, 7) is 5.04. The van der Waals surface area contributed by atoms with E-state index in [1.807, 2.05) is 0 Å². The lowest BCUT2D eigenvalue weighted by Gasteiger charge is -2.21. The molecular formula is C11H12F3N2O. The van der Waals surface area contributed by atoms with E-state index in [1.54, 1.807) is 20.8 Å². The molecule has 1 rings (SSSR count). The monoisotopic (exact) mass is 245 g/mol. The van der Waals surface area contributed by atoms with Gasteiger partial charge in [0.15, 0.2) is 0 Å². The van der Waals surface area contributed by atoms with E-state index in [0.29, 0.717) is 6.07 Å². The first-order chi connectivity index (χ1) is 7.61. The van der Waals surface area contributed by atoms with Crippen molar-refractivity contribution in [1.82, 2.24) is 10.3 Å². The van der Waals surface area contributed by atoms with Crippen LogP contribution in [0, 0.1) is 6.20 Å². The maximum Gasteiger partial charge on any atom is 0.417 e. The Hall–Kier alpha value is -1.59. The fourth-order valence-corrected chi connectivity index (χ4v) is 1.17. The number of hydrogen-bond donors (Lipinski definition) is 1. The third-order valence-electron chi connectivity index (χ3n) is 1.81. The minimum atomic E-state index is -4.59. The van der Waals surface area contributed by atoms with Crippen LogP contribution >= 0.6 is 0 Å². The second-order valence-corrected chi connectivity index (χ2v) is 4.56. The van der Waals surface area contributed by atoms with Crippen molar-refractivity contribution >= 4 is 5.91 Å². The van der Waals surface area contributed by atoms with E-state index in [-0.39, 0.29) is 0 Å². The van der Waals surface area contributed by atoms with Crippen molar-refractivity contribution in [2.75, 3.05) is 0 Å². The molecule has 93 valence electrons. The Morgan fingerprint density at radius 2 is 1.94 bits per heavy atom. The molecule has 6 heteroatoms. The van der Waals surface area contributed by atoms with Gasteiger partial charge >= 0.3 is 6.18 Å². The minimum absolute atomic E-state index is 0.494. The Kier molecular flexibility index (Phi) is 3.45. The maximum absolute atomic E-state index is 12.6. The number of pyridine rings is 1. The Bertz CT molecular complexity index is 421. The van der Waals surface area contributed by atoms with E-state index >= 15 is 0 Å². The molecule has 0 saturated carbocycles. The second-order valence-electron chi connectivity index (χ2n) is 4.56. The number of carbonyl (C=O) groups is 1. The molecule has 0 fully saturated rings. The molecule has 0 aromatic carbocycles. The third kappa shape index (κ3) is 3.72. The van der Waals surface area contributed by atoms with Gasteiger partial charge in [0.2, 0.25) is 0 Å². The van der Waals surface area contributed by atoms with Gasteiger partial charge in [0.05, 0.1) is 17.3 Å². The molecule has 0 spiro atoms. The molecule has 0 bridgehead atoms. The van der Waals surface area contributed by atoms with Crippen molar-refractivity contribution in [2.45, 2.75) is 32.5 Å². The van der Waals surface area contributed by atoms with Gasteiger partial charge in [0, 0.05) is 11.7 Å². The third-order valence-corrected chi connectivity index (χ3v) is 1.81. The molecule has 3 nitrogen and oxygen atoms in total. The fourth-order valence-electron chi connectivity index (χ4n) is 1.17. The number of nitrogens with zero attached hydrogens (tertiary/aromatic N) is 1. The molecule has 1 aromatic rings. The quantitative estimate of drug-likeness (QED) is 0.825. The van der Waals surface area contributed by atoms with E-state index in [4.69, 9.17) is 0 Å². The number of alkyl halides is 3. The zero-order chi connectivity index (χ0) is 13.3. The summed E-state index contributed by atoms with van der Waals surface area (Å²) < 4.78 is 37.8. The van der Waals surface area contributed by atoms with Gasteiger partial charge in [0.25, 0.3) is 5.91 Å². The molecule has 0 aliphatic carbocycles. The van der Waals surface area contributed by atoms with Crippen molar-refractivity contribution in [3.63, 3.8) is 0 Å². The first-order valence-corrected chi connectivity index (χ1v) is 4.87. The molecule has 1 N–H and O–H groups in total. The summed E-state index contributed by atoms with van der Waals surface area (Å²) in [5.41, 5.74) is -2.14. The molecule has 17 heavy (non-hydrogen) atoms. The predicted octanol–water partition coefficient (Wildman–Crippen LogP) is 2.43. The van der Waals surface area contributed by atoms with Crippen LogP contribution < -0.4 is 5.32 Å². The number of rotatable bonds is 1. The molecule has 1 heterocycles. The van der Waals surface area contributed by atoms with Crippen LogP contribution in [0.2, 0.25) is 0 Å². The van der Waals surface area contributed by atoms with Gasteiger partial charge in [-0.05, 0) is 26.8 Å². The standard InChI is InChI=1S/C11H12F3N2O/c1-10(2,3)16-9(17)7-6-15-5-4-8(7)11(12,13)14/h4,6H,1-3H3,(H,16,17). The Balaban J connectivity index is 3.11. The van der Waals surface area contributed by atoms with Crippen molar-refractivity contribution in [2.24, 2.45) is 0 Å². The van der Waals surface area contributed by atoms with Crippen molar-refractivity contribution < 1.29 is 18.0 Å². The highest BCUT2D eigenvalue weighted by Crippen LogP contribution is 2.31. The molecular weight excluding hydrogens is 233 g/mol. The van der Waals surface area contributed by atoms with Crippen LogP contribution in [0.15, 0.2) is 12.3 Å². The van der Waals surface area contributed by atoms with Gasteiger partial charge < -0.3 is 5.32 Å². The van der Waals surface area contributed by atoms with Gasteiger partial charge in [-0.2, -0.15) is 13.2 Å². The highest BCUT2D eigenvalue weighted by atomic mass is 19.4. The van der Waals surface area contributed by atoms with Crippen LogP contribution in [0.1, 0.15) is 36.7 Å². The van der Waals surface area contributed by atoms with E-state index in [9.17, 15) is 18.0 Å². The summed E-state index contributed by atoms with van der Waals surface area (Å²) in [6, 6.07) is 0.664. The SMILES string of the molecule is CC(C)(C)NC(=O)c1cn[c]cc1C(F)(F)F. The van der Waals surface area contributed by atoms with Gasteiger partial charge in [0.1, 0.15) is 0 Å². The predicted molar refractivity (Wildman–Crippen MR) is 55.3 cm³/mol. The Morgan fingerprint density at radius 1 is 1.35 bits per heavy atom. The maximum atomic E-state index is 12.6. The summed E-state index contributed by atoms with van der Waals surface area (Å²) in [5.74, 6) is -0.800. The summed E-state index contributed by atoms with van der Waals surface area (Å²) >= 11 is 0. The zero-order valence-electron chi connectivity index (χ0n) is 9.64. The normalized spacial score (nSPS) is 12.4. The van der Waals surface area contributed by atoms with E-state index in [0.717, 1.165) is 6.20 Å². The lowest BCUT2D eigenvalue weighted by Crippen LogP contribution is -2.41. The number of hydrogen-bond acceptors (Lipinski definition) is 2. The Labute approximate surface area is 97.0 Å². The van der Waals surface area contributed by atoms with Crippen LogP contribution in [-0.2, 0) is 6.18 Å². The zero-order valence-corrected chi connectivity index (χ0v) is 9.64. The van der Waals surface area contributed by atoms with Crippen molar-refractivity contribution in [3.8, 4) is 0 Å². The van der Waals surface area contributed by atoms with Gasteiger partial charge in [-0.1, -0.05) is 0 Å². The van der Waals surface area contributed by atoms with E-state index in [1.165, 1.54) is 0 Å². The van der Waals surface area contributed by atoms with Crippen molar-refractivity contribution in [1.29, 1.82) is 0 Å². The van der Waals surface area contributed by atoms with Gasteiger partial charge in [-0.3, -0.25) is 9.78 Å². The minimum Gasteiger partial charge on any atom is -0.347 e. The lowest BCUT2D eigenvalue weighted by atomic mass is 10.1. The molecule has 0 saturated heterocycles. The van der Waals surface area contributed by atoms with Crippen LogP contribution in [0.4, 0.5) is 13.2 Å². The van der Waals surface area contributed by atoms with Gasteiger partial charge in [-0.25, -0.2) is 0 Å². The highest BCUT2D eigenvalue weighted by molar-refractivity contribution is 5.95. The van der Waals surface area contributed by atoms with Crippen molar-refractivity contribution in [3.05, 3.63) is 29.6 Å². The molecule has 0 atom stereocenters. The van der Waals surface area contributed by atoms with Gasteiger partial charge in [-0.15, -0.1) is 0 Å².